The minimum atomic E-state index is 0.0678. The molecule has 1 fully saturated rings. The first kappa shape index (κ1) is 16.5. The van der Waals surface area contributed by atoms with E-state index in [9.17, 15) is 4.79 Å². The molecular formula is C17H32O2. The van der Waals surface area contributed by atoms with Gasteiger partial charge in [0.25, 0.3) is 0 Å². The summed E-state index contributed by atoms with van der Waals surface area (Å²) in [5.74, 6) is 0.770. The van der Waals surface area contributed by atoms with Crippen LogP contribution in [0.15, 0.2) is 0 Å². The number of carbonyl (C=O) groups is 1. The Morgan fingerprint density at radius 3 is 2.32 bits per heavy atom. The van der Waals surface area contributed by atoms with Gasteiger partial charge in [0, 0.05) is 0 Å². The number of carbonyl (C=O) groups excluding carboxylic acids is 1. The van der Waals surface area contributed by atoms with Crippen LogP contribution in [0.5, 0.6) is 0 Å². The third-order valence-corrected chi connectivity index (χ3v) is 4.41. The molecule has 0 aliphatic heterocycles. The fraction of sp³-hybridized carbons (Fsp3) is 0.941. The summed E-state index contributed by atoms with van der Waals surface area (Å²) in [6.45, 7) is 5.07. The van der Waals surface area contributed by atoms with Gasteiger partial charge in [0.1, 0.15) is 0 Å². The summed E-state index contributed by atoms with van der Waals surface area (Å²) < 4.78 is 5.44. The van der Waals surface area contributed by atoms with Gasteiger partial charge in [-0.05, 0) is 25.2 Å². The van der Waals surface area contributed by atoms with Crippen molar-refractivity contribution in [2.45, 2.75) is 84.5 Å². The van der Waals surface area contributed by atoms with Gasteiger partial charge >= 0.3 is 5.97 Å². The molecule has 0 N–H and O–H groups in total. The number of hydrogen-bond donors (Lipinski definition) is 0. The summed E-state index contributed by atoms with van der Waals surface area (Å²) in [4.78, 5) is 12.0. The maximum absolute atomic E-state index is 12.0. The molecule has 2 nitrogen and oxygen atoms in total. The van der Waals surface area contributed by atoms with Gasteiger partial charge in [0.05, 0.1) is 12.5 Å². The van der Waals surface area contributed by atoms with Gasteiger partial charge in [-0.1, -0.05) is 65.2 Å². The Hall–Kier alpha value is -0.530. The minimum Gasteiger partial charge on any atom is -0.465 e. The van der Waals surface area contributed by atoms with E-state index in [0.29, 0.717) is 12.5 Å². The fourth-order valence-electron chi connectivity index (χ4n) is 3.01. The van der Waals surface area contributed by atoms with Gasteiger partial charge in [-0.25, -0.2) is 0 Å². The maximum atomic E-state index is 12.0. The standard InChI is InChI=1S/C17H32O2/c1-3-4-5-6-7-8-11-14-19-17(18)16-13-10-9-12-15(16)2/h15-16H,3-14H2,1-2H3. The summed E-state index contributed by atoms with van der Waals surface area (Å²) in [5.41, 5.74) is 0. The van der Waals surface area contributed by atoms with Crippen LogP contribution in [-0.2, 0) is 9.53 Å². The molecular weight excluding hydrogens is 236 g/mol. The first-order chi connectivity index (χ1) is 9.25. The van der Waals surface area contributed by atoms with Crippen molar-refractivity contribution in [2.24, 2.45) is 11.8 Å². The molecule has 0 aromatic carbocycles. The zero-order valence-corrected chi connectivity index (χ0v) is 13.0. The Bertz CT molecular complexity index is 237. The third-order valence-electron chi connectivity index (χ3n) is 4.41. The van der Waals surface area contributed by atoms with E-state index in [1.54, 1.807) is 0 Å². The first-order valence-electron chi connectivity index (χ1n) is 8.42. The highest BCUT2D eigenvalue weighted by Crippen LogP contribution is 2.30. The minimum absolute atomic E-state index is 0.0678. The molecule has 1 aliphatic carbocycles. The van der Waals surface area contributed by atoms with Crippen molar-refractivity contribution >= 4 is 5.97 Å². The lowest BCUT2D eigenvalue weighted by Crippen LogP contribution is -2.27. The van der Waals surface area contributed by atoms with Crippen molar-refractivity contribution in [1.82, 2.24) is 0 Å². The Kier molecular flexibility index (Phi) is 8.94. The smallest absolute Gasteiger partial charge is 0.309 e. The van der Waals surface area contributed by atoms with Gasteiger partial charge in [-0.3, -0.25) is 4.79 Å². The lowest BCUT2D eigenvalue weighted by Gasteiger charge is -2.26. The molecule has 19 heavy (non-hydrogen) atoms. The summed E-state index contributed by atoms with van der Waals surface area (Å²) in [6, 6.07) is 0. The van der Waals surface area contributed by atoms with Crippen LogP contribution in [0, 0.1) is 11.8 Å². The number of esters is 1. The SMILES string of the molecule is CCCCCCCCCOC(=O)C1CCCCC1C. The van der Waals surface area contributed by atoms with Crippen LogP contribution >= 0.6 is 0 Å². The normalized spacial score (nSPS) is 23.3. The number of rotatable bonds is 9. The molecule has 1 rings (SSSR count). The zero-order chi connectivity index (χ0) is 13.9. The predicted octanol–water partition coefficient (Wildman–Crippen LogP) is 5.11. The quantitative estimate of drug-likeness (QED) is 0.429. The van der Waals surface area contributed by atoms with Gasteiger partial charge in [-0.2, -0.15) is 0 Å². The second-order valence-electron chi connectivity index (χ2n) is 6.16. The van der Waals surface area contributed by atoms with Crippen molar-refractivity contribution in [2.75, 3.05) is 6.61 Å². The Morgan fingerprint density at radius 2 is 1.63 bits per heavy atom. The zero-order valence-electron chi connectivity index (χ0n) is 13.0. The van der Waals surface area contributed by atoms with E-state index in [2.05, 4.69) is 13.8 Å². The molecule has 2 unspecified atom stereocenters. The van der Waals surface area contributed by atoms with Crippen LogP contribution in [0.25, 0.3) is 0 Å². The van der Waals surface area contributed by atoms with Crippen LogP contribution in [0.2, 0.25) is 0 Å². The summed E-state index contributed by atoms with van der Waals surface area (Å²) in [7, 11) is 0. The van der Waals surface area contributed by atoms with Crippen molar-refractivity contribution in [3.8, 4) is 0 Å². The second kappa shape index (κ2) is 10.3. The van der Waals surface area contributed by atoms with Crippen molar-refractivity contribution in [3.63, 3.8) is 0 Å². The summed E-state index contributed by atoms with van der Waals surface area (Å²) >= 11 is 0. The van der Waals surface area contributed by atoms with E-state index in [-0.39, 0.29) is 11.9 Å². The average Bonchev–Trinajstić information content (AvgIpc) is 2.42. The molecule has 0 saturated heterocycles. The largest absolute Gasteiger partial charge is 0.465 e. The summed E-state index contributed by atoms with van der Waals surface area (Å²) in [6.07, 6.45) is 13.6. The van der Waals surface area contributed by atoms with E-state index in [1.165, 1.54) is 57.8 Å². The Labute approximate surface area is 119 Å². The van der Waals surface area contributed by atoms with Gasteiger partial charge in [0.15, 0.2) is 0 Å². The molecule has 0 amide bonds. The molecule has 0 heterocycles. The lowest BCUT2D eigenvalue weighted by molar-refractivity contribution is -0.151. The molecule has 2 heteroatoms. The van der Waals surface area contributed by atoms with Crippen LogP contribution in [0.1, 0.15) is 84.5 Å². The van der Waals surface area contributed by atoms with Crippen molar-refractivity contribution < 1.29 is 9.53 Å². The van der Waals surface area contributed by atoms with Crippen LogP contribution < -0.4 is 0 Å². The van der Waals surface area contributed by atoms with Crippen molar-refractivity contribution in [3.05, 3.63) is 0 Å². The maximum Gasteiger partial charge on any atom is 0.309 e. The van der Waals surface area contributed by atoms with Crippen LogP contribution in [-0.4, -0.2) is 12.6 Å². The first-order valence-corrected chi connectivity index (χ1v) is 8.42. The summed E-state index contributed by atoms with van der Waals surface area (Å²) in [5, 5.41) is 0. The third kappa shape index (κ3) is 6.98. The molecule has 112 valence electrons. The highest BCUT2D eigenvalue weighted by atomic mass is 16.5. The van der Waals surface area contributed by atoms with Gasteiger partial charge in [-0.15, -0.1) is 0 Å². The highest BCUT2D eigenvalue weighted by molar-refractivity contribution is 5.72. The fourth-order valence-corrected chi connectivity index (χ4v) is 3.01. The molecule has 0 spiro atoms. The molecule has 0 bridgehead atoms. The Morgan fingerprint density at radius 1 is 1.00 bits per heavy atom. The number of unbranched alkanes of at least 4 members (excludes halogenated alkanes) is 6. The van der Waals surface area contributed by atoms with E-state index < -0.39 is 0 Å². The monoisotopic (exact) mass is 268 g/mol. The van der Waals surface area contributed by atoms with Gasteiger partial charge < -0.3 is 4.74 Å². The average molecular weight is 268 g/mol. The second-order valence-corrected chi connectivity index (χ2v) is 6.16. The lowest BCUT2D eigenvalue weighted by atomic mass is 9.80. The van der Waals surface area contributed by atoms with Crippen LogP contribution in [0.4, 0.5) is 0 Å². The molecule has 0 aromatic rings. The molecule has 0 aromatic heterocycles. The highest BCUT2D eigenvalue weighted by Gasteiger charge is 2.28. The molecule has 1 saturated carbocycles. The number of hydrogen-bond acceptors (Lipinski definition) is 2. The van der Waals surface area contributed by atoms with Crippen molar-refractivity contribution in [1.29, 1.82) is 0 Å². The molecule has 2 atom stereocenters. The molecule has 1 aliphatic rings. The van der Waals surface area contributed by atoms with E-state index in [4.69, 9.17) is 4.74 Å². The van der Waals surface area contributed by atoms with E-state index >= 15 is 0 Å². The number of ether oxygens (including phenoxy) is 1. The van der Waals surface area contributed by atoms with Gasteiger partial charge in [0.2, 0.25) is 0 Å². The molecule has 0 radical (unpaired) electrons. The van der Waals surface area contributed by atoms with Crippen LogP contribution in [0.3, 0.4) is 0 Å². The Balaban J connectivity index is 1.98. The topological polar surface area (TPSA) is 26.3 Å². The van der Waals surface area contributed by atoms with E-state index in [1.807, 2.05) is 0 Å². The van der Waals surface area contributed by atoms with E-state index in [0.717, 1.165) is 12.8 Å². The predicted molar refractivity (Wildman–Crippen MR) is 80.1 cm³/mol.